The van der Waals surface area contributed by atoms with Gasteiger partial charge in [0.1, 0.15) is 18.0 Å². The number of nitrogen functional groups attached to an aromatic ring is 1. The quantitative estimate of drug-likeness (QED) is 0.755. The number of aromatic nitrogens is 4. The first-order valence-electron chi connectivity index (χ1n) is 8.10. The number of rotatable bonds is 2. The highest BCUT2D eigenvalue weighted by Gasteiger charge is 2.28. The molecule has 1 aromatic carbocycles. The van der Waals surface area contributed by atoms with Crippen molar-refractivity contribution in [3.05, 3.63) is 41.1 Å². The Kier molecular flexibility index (Phi) is 3.84. The number of hydrogen-bond donors (Lipinski definition) is 1. The molecule has 0 atom stereocenters. The third-order valence-electron chi connectivity index (χ3n) is 4.70. The van der Waals surface area contributed by atoms with E-state index < -0.39 is 5.82 Å². The van der Waals surface area contributed by atoms with Crippen molar-refractivity contribution in [2.24, 2.45) is 0 Å². The highest BCUT2D eigenvalue weighted by atomic mass is 35.5. The van der Waals surface area contributed by atoms with E-state index >= 15 is 0 Å². The summed E-state index contributed by atoms with van der Waals surface area (Å²) in [6.45, 7) is 0. The summed E-state index contributed by atoms with van der Waals surface area (Å²) < 4.78 is 16.3. The van der Waals surface area contributed by atoms with Gasteiger partial charge in [-0.2, -0.15) is 15.1 Å². The molecule has 0 amide bonds. The van der Waals surface area contributed by atoms with Crippen LogP contribution in [0.1, 0.15) is 43.7 Å². The third-order valence-corrected chi connectivity index (χ3v) is 5.01. The minimum absolute atomic E-state index is 0.235. The molecule has 0 aliphatic heterocycles. The fourth-order valence-electron chi connectivity index (χ4n) is 3.63. The zero-order valence-electron chi connectivity index (χ0n) is 13.0. The molecule has 1 saturated carbocycles. The van der Waals surface area contributed by atoms with Gasteiger partial charge in [-0.05, 0) is 25.0 Å². The van der Waals surface area contributed by atoms with E-state index in [4.69, 9.17) is 17.3 Å². The van der Waals surface area contributed by atoms with E-state index in [1.165, 1.54) is 18.8 Å². The number of halogens is 2. The predicted molar refractivity (Wildman–Crippen MR) is 91.4 cm³/mol. The number of nitrogens with two attached hydrogens (primary N) is 1. The van der Waals surface area contributed by atoms with Crippen LogP contribution in [0.2, 0.25) is 5.02 Å². The Morgan fingerprint density at radius 2 is 1.96 bits per heavy atom. The molecule has 1 aliphatic carbocycles. The normalized spacial score (nSPS) is 15.9. The van der Waals surface area contributed by atoms with Gasteiger partial charge in [0.15, 0.2) is 0 Å². The Bertz CT molecular complexity index is 881. The fourth-order valence-corrected chi connectivity index (χ4v) is 3.89. The number of benzene rings is 1. The highest BCUT2D eigenvalue weighted by molar-refractivity contribution is 6.33. The summed E-state index contributed by atoms with van der Waals surface area (Å²) >= 11 is 6.30. The van der Waals surface area contributed by atoms with E-state index in [9.17, 15) is 4.39 Å². The molecule has 0 unspecified atom stereocenters. The Hall–Kier alpha value is -2.21. The molecule has 2 heterocycles. The minimum Gasteiger partial charge on any atom is -0.383 e. The van der Waals surface area contributed by atoms with Gasteiger partial charge in [0.2, 0.25) is 0 Å². The SMILES string of the molecule is Nc1nc2ncnn2c(C2CCCCC2)c1-c1c(F)cccc1Cl. The lowest BCUT2D eigenvalue weighted by atomic mass is 9.83. The lowest BCUT2D eigenvalue weighted by Crippen LogP contribution is -2.15. The summed E-state index contributed by atoms with van der Waals surface area (Å²) in [5.74, 6) is 0.499. The van der Waals surface area contributed by atoms with Crippen LogP contribution < -0.4 is 5.73 Å². The molecule has 0 bridgehead atoms. The van der Waals surface area contributed by atoms with Crippen LogP contribution in [0.25, 0.3) is 16.9 Å². The first-order valence-corrected chi connectivity index (χ1v) is 8.48. The van der Waals surface area contributed by atoms with E-state index in [0.717, 1.165) is 31.4 Å². The smallest absolute Gasteiger partial charge is 0.254 e. The number of hydrogen-bond acceptors (Lipinski definition) is 4. The molecule has 3 aromatic rings. The van der Waals surface area contributed by atoms with Gasteiger partial charge in [-0.25, -0.2) is 8.91 Å². The summed E-state index contributed by atoms with van der Waals surface area (Å²) in [5.41, 5.74) is 7.91. The van der Waals surface area contributed by atoms with Crippen LogP contribution in [0.15, 0.2) is 24.5 Å². The Morgan fingerprint density at radius 1 is 1.17 bits per heavy atom. The van der Waals surface area contributed by atoms with Crippen LogP contribution in [0.5, 0.6) is 0 Å². The first-order chi connectivity index (χ1) is 11.7. The molecule has 0 saturated heterocycles. The van der Waals surface area contributed by atoms with Crippen molar-refractivity contribution < 1.29 is 4.39 Å². The lowest BCUT2D eigenvalue weighted by molar-refractivity contribution is 0.431. The van der Waals surface area contributed by atoms with Crippen LogP contribution in [0.4, 0.5) is 10.2 Å². The first kappa shape index (κ1) is 15.3. The van der Waals surface area contributed by atoms with Gasteiger partial charge in [-0.15, -0.1) is 0 Å². The molecule has 1 aliphatic rings. The Morgan fingerprint density at radius 3 is 2.71 bits per heavy atom. The summed E-state index contributed by atoms with van der Waals surface area (Å²) in [6.07, 6.45) is 6.95. The minimum atomic E-state index is -0.410. The maximum absolute atomic E-state index is 14.6. The van der Waals surface area contributed by atoms with Gasteiger partial charge >= 0.3 is 0 Å². The van der Waals surface area contributed by atoms with E-state index in [-0.39, 0.29) is 11.7 Å². The van der Waals surface area contributed by atoms with Crippen molar-refractivity contribution in [1.29, 1.82) is 0 Å². The molecular weight excluding hydrogens is 329 g/mol. The standard InChI is InChI=1S/C17H17ClFN5/c18-11-7-4-8-12(19)13(11)14-15(10-5-2-1-3-6-10)24-17(21-9-22-24)23-16(14)20/h4,7-10H,1-3,5-6H2,(H2,20,21,22,23). The second-order valence-electron chi connectivity index (χ2n) is 6.16. The van der Waals surface area contributed by atoms with Crippen molar-refractivity contribution in [3.8, 4) is 11.1 Å². The molecule has 0 spiro atoms. The van der Waals surface area contributed by atoms with Gasteiger partial charge in [0.05, 0.1) is 16.3 Å². The number of nitrogens with zero attached hydrogens (tertiary/aromatic N) is 4. The second kappa shape index (κ2) is 6.02. The fraction of sp³-hybridized carbons (Fsp3) is 0.353. The van der Waals surface area contributed by atoms with Crippen molar-refractivity contribution in [2.45, 2.75) is 38.0 Å². The van der Waals surface area contributed by atoms with Gasteiger partial charge < -0.3 is 5.73 Å². The zero-order valence-corrected chi connectivity index (χ0v) is 13.8. The average molecular weight is 346 g/mol. The maximum Gasteiger partial charge on any atom is 0.254 e. The Labute approximate surface area is 143 Å². The van der Waals surface area contributed by atoms with Gasteiger partial charge in [-0.1, -0.05) is 36.9 Å². The second-order valence-corrected chi connectivity index (χ2v) is 6.57. The molecule has 5 nitrogen and oxygen atoms in total. The van der Waals surface area contributed by atoms with Crippen molar-refractivity contribution >= 4 is 23.2 Å². The van der Waals surface area contributed by atoms with Crippen LogP contribution in [0, 0.1) is 5.82 Å². The van der Waals surface area contributed by atoms with Crippen LogP contribution >= 0.6 is 11.6 Å². The van der Waals surface area contributed by atoms with E-state index in [2.05, 4.69) is 15.1 Å². The third kappa shape index (κ3) is 2.41. The molecule has 1 fully saturated rings. The lowest BCUT2D eigenvalue weighted by Gasteiger charge is -2.25. The summed E-state index contributed by atoms with van der Waals surface area (Å²) in [6, 6.07) is 4.63. The number of anilines is 1. The maximum atomic E-state index is 14.6. The van der Waals surface area contributed by atoms with Crippen LogP contribution in [-0.2, 0) is 0 Å². The summed E-state index contributed by atoms with van der Waals surface area (Å²) in [5, 5.41) is 4.62. The predicted octanol–water partition coefficient (Wildman–Crippen LogP) is 4.21. The molecule has 7 heteroatoms. The van der Waals surface area contributed by atoms with E-state index in [0.29, 0.717) is 21.9 Å². The molecule has 24 heavy (non-hydrogen) atoms. The Balaban J connectivity index is 2.05. The monoisotopic (exact) mass is 345 g/mol. The van der Waals surface area contributed by atoms with Gasteiger partial charge in [0.25, 0.3) is 5.78 Å². The van der Waals surface area contributed by atoms with Gasteiger partial charge in [0, 0.05) is 11.5 Å². The molecule has 4 rings (SSSR count). The van der Waals surface area contributed by atoms with Crippen molar-refractivity contribution in [2.75, 3.05) is 5.73 Å². The molecule has 0 radical (unpaired) electrons. The largest absolute Gasteiger partial charge is 0.383 e. The van der Waals surface area contributed by atoms with Crippen LogP contribution in [-0.4, -0.2) is 19.6 Å². The molecule has 124 valence electrons. The molecular formula is C17H17ClFN5. The summed E-state index contributed by atoms with van der Waals surface area (Å²) in [7, 11) is 0. The van der Waals surface area contributed by atoms with Crippen molar-refractivity contribution in [3.63, 3.8) is 0 Å². The zero-order chi connectivity index (χ0) is 16.7. The molecule has 2 aromatic heterocycles. The summed E-state index contributed by atoms with van der Waals surface area (Å²) in [4.78, 5) is 8.44. The van der Waals surface area contributed by atoms with Crippen LogP contribution in [0.3, 0.4) is 0 Å². The molecule has 2 N–H and O–H groups in total. The van der Waals surface area contributed by atoms with Gasteiger partial charge in [-0.3, -0.25) is 0 Å². The number of fused-ring (bicyclic) bond motifs is 1. The van der Waals surface area contributed by atoms with Crippen molar-refractivity contribution in [1.82, 2.24) is 19.6 Å². The van der Waals surface area contributed by atoms with E-state index in [1.54, 1.807) is 16.6 Å². The van der Waals surface area contributed by atoms with E-state index in [1.807, 2.05) is 0 Å². The topological polar surface area (TPSA) is 69.1 Å². The average Bonchev–Trinajstić information content (AvgIpc) is 3.03. The highest BCUT2D eigenvalue weighted by Crippen LogP contribution is 2.42.